The molecule has 0 spiro atoms. The number of hydrogen-bond acceptors (Lipinski definition) is 4. The Hall–Kier alpha value is -0.150. The Morgan fingerprint density at radius 1 is 1.43 bits per heavy atom. The van der Waals surface area contributed by atoms with Gasteiger partial charge in [-0.1, -0.05) is 6.08 Å². The Bertz CT molecular complexity index is 215. The zero-order chi connectivity index (χ0) is 11.2. The van der Waals surface area contributed by atoms with Crippen LogP contribution < -0.4 is 0 Å². The molecular weight excluding hydrogens is 203 g/mol. The highest BCUT2D eigenvalue weighted by molar-refractivity contribution is 7.55. The minimum absolute atomic E-state index is 0.171. The zero-order valence-electron chi connectivity index (χ0n) is 9.02. The van der Waals surface area contributed by atoms with Crippen LogP contribution in [0.1, 0.15) is 27.2 Å². The van der Waals surface area contributed by atoms with Crippen molar-refractivity contribution in [1.82, 2.24) is 0 Å². The van der Waals surface area contributed by atoms with Crippen molar-refractivity contribution in [3.05, 3.63) is 12.7 Å². The van der Waals surface area contributed by atoms with Crippen molar-refractivity contribution in [1.29, 1.82) is 0 Å². The summed E-state index contributed by atoms with van der Waals surface area (Å²) in [6.07, 6.45) is 1.66. The highest BCUT2D eigenvalue weighted by Crippen LogP contribution is 2.59. The maximum absolute atomic E-state index is 12.1. The van der Waals surface area contributed by atoms with Crippen LogP contribution in [0.4, 0.5) is 0 Å². The van der Waals surface area contributed by atoms with Crippen LogP contribution in [0.2, 0.25) is 0 Å². The second kappa shape index (κ2) is 5.66. The molecule has 0 rings (SSSR count). The van der Waals surface area contributed by atoms with E-state index in [1.807, 2.05) is 0 Å². The molecule has 0 aliphatic rings. The largest absolute Gasteiger partial charge is 0.377 e. The molecule has 0 aromatic carbocycles. The average Bonchev–Trinajstić information content (AvgIpc) is 2.04. The van der Waals surface area contributed by atoms with Gasteiger partial charge in [-0.15, -0.1) is 6.58 Å². The highest BCUT2D eigenvalue weighted by Gasteiger charge is 2.44. The van der Waals surface area contributed by atoms with Crippen LogP contribution in [0, 0.1) is 0 Å². The summed E-state index contributed by atoms with van der Waals surface area (Å²) in [5, 5.41) is 8.41. The van der Waals surface area contributed by atoms with E-state index in [1.54, 1.807) is 13.8 Å². The minimum atomic E-state index is -3.45. The Balaban J connectivity index is 4.77. The van der Waals surface area contributed by atoms with Gasteiger partial charge in [-0.05, 0) is 20.8 Å². The fourth-order valence-corrected chi connectivity index (χ4v) is 2.70. The molecule has 0 aromatic rings. The van der Waals surface area contributed by atoms with E-state index in [1.165, 1.54) is 13.0 Å². The van der Waals surface area contributed by atoms with Crippen molar-refractivity contribution in [3.8, 4) is 0 Å². The third kappa shape index (κ3) is 3.21. The summed E-state index contributed by atoms with van der Waals surface area (Å²) in [5.41, 5.74) is 0. The lowest BCUT2D eigenvalue weighted by atomic mass is 10.3. The van der Waals surface area contributed by atoms with Gasteiger partial charge in [0.25, 0.3) is 0 Å². The summed E-state index contributed by atoms with van der Waals surface area (Å²) in [4.78, 5) is 0. The molecule has 0 saturated carbocycles. The maximum atomic E-state index is 12.1. The van der Waals surface area contributed by atoms with Crippen LogP contribution in [-0.4, -0.2) is 23.7 Å². The maximum Gasteiger partial charge on any atom is 0.361 e. The number of aliphatic hydroxyl groups is 1. The number of hydrogen-bond donors (Lipinski definition) is 1. The lowest BCUT2D eigenvalue weighted by Gasteiger charge is -2.30. The second-order valence-electron chi connectivity index (χ2n) is 3.04. The number of rotatable bonds is 7. The van der Waals surface area contributed by atoms with E-state index in [0.29, 0.717) is 0 Å². The Labute approximate surface area is 85.5 Å². The quantitative estimate of drug-likeness (QED) is 0.531. The van der Waals surface area contributed by atoms with Crippen molar-refractivity contribution < 1.29 is 18.7 Å². The van der Waals surface area contributed by atoms with E-state index in [0.717, 1.165) is 0 Å². The topological polar surface area (TPSA) is 55.8 Å². The van der Waals surface area contributed by atoms with Crippen molar-refractivity contribution in [2.24, 2.45) is 0 Å². The first-order valence-electron chi connectivity index (χ1n) is 4.66. The van der Waals surface area contributed by atoms with Gasteiger partial charge in [0.1, 0.15) is 0 Å². The molecule has 5 heteroatoms. The van der Waals surface area contributed by atoms with Gasteiger partial charge in [-0.25, -0.2) is 0 Å². The first kappa shape index (κ1) is 13.8. The van der Waals surface area contributed by atoms with Gasteiger partial charge in [0.05, 0.1) is 13.2 Å². The molecule has 0 saturated heterocycles. The SMILES string of the molecule is C=CCC(C)(O)P(=O)(OCC)OCC. The molecule has 0 amide bonds. The van der Waals surface area contributed by atoms with Gasteiger partial charge < -0.3 is 14.2 Å². The molecule has 0 aliphatic heterocycles. The van der Waals surface area contributed by atoms with Crippen molar-refractivity contribution in [3.63, 3.8) is 0 Å². The highest BCUT2D eigenvalue weighted by atomic mass is 31.2. The molecule has 4 nitrogen and oxygen atoms in total. The average molecular weight is 222 g/mol. The first-order chi connectivity index (χ1) is 6.43. The third-order valence-electron chi connectivity index (χ3n) is 1.72. The molecule has 1 N–H and O–H groups in total. The summed E-state index contributed by atoms with van der Waals surface area (Å²) in [6, 6.07) is 0. The van der Waals surface area contributed by atoms with Crippen molar-refractivity contribution in [2.75, 3.05) is 13.2 Å². The fraction of sp³-hybridized carbons (Fsp3) is 0.778. The summed E-state index contributed by atoms with van der Waals surface area (Å²) in [6.45, 7) is 8.81. The van der Waals surface area contributed by atoms with Crippen LogP contribution in [0.25, 0.3) is 0 Å². The second-order valence-corrected chi connectivity index (χ2v) is 5.52. The Morgan fingerprint density at radius 3 is 2.14 bits per heavy atom. The minimum Gasteiger partial charge on any atom is -0.377 e. The van der Waals surface area contributed by atoms with Crippen LogP contribution in [0.5, 0.6) is 0 Å². The third-order valence-corrected chi connectivity index (χ3v) is 4.28. The summed E-state index contributed by atoms with van der Waals surface area (Å²) >= 11 is 0. The normalized spacial score (nSPS) is 16.3. The lowest BCUT2D eigenvalue weighted by molar-refractivity contribution is 0.0838. The van der Waals surface area contributed by atoms with Crippen LogP contribution >= 0.6 is 7.60 Å². The molecule has 1 unspecified atom stereocenters. The van der Waals surface area contributed by atoms with Gasteiger partial charge in [0, 0.05) is 6.42 Å². The van der Waals surface area contributed by atoms with Crippen LogP contribution in [0.3, 0.4) is 0 Å². The van der Waals surface area contributed by atoms with Crippen LogP contribution in [-0.2, 0) is 13.6 Å². The van der Waals surface area contributed by atoms with E-state index >= 15 is 0 Å². The van der Waals surface area contributed by atoms with E-state index in [9.17, 15) is 9.67 Å². The predicted molar refractivity (Wildman–Crippen MR) is 56.3 cm³/mol. The molecule has 0 radical (unpaired) electrons. The van der Waals surface area contributed by atoms with Gasteiger partial charge in [0.2, 0.25) is 0 Å². The molecule has 0 heterocycles. The van der Waals surface area contributed by atoms with Crippen molar-refractivity contribution in [2.45, 2.75) is 32.5 Å². The molecular formula is C9H19O4P. The summed E-state index contributed by atoms with van der Waals surface area (Å²) < 4.78 is 22.1. The molecule has 0 aromatic heterocycles. The molecule has 0 aliphatic carbocycles. The van der Waals surface area contributed by atoms with Gasteiger partial charge in [-0.3, -0.25) is 4.57 Å². The molecule has 0 fully saturated rings. The Morgan fingerprint density at radius 2 is 1.86 bits per heavy atom. The predicted octanol–water partition coefficient (Wildman–Crippen LogP) is 2.54. The summed E-state index contributed by atoms with van der Waals surface area (Å²) in [5.74, 6) is 0. The van der Waals surface area contributed by atoms with E-state index in [-0.39, 0.29) is 19.6 Å². The zero-order valence-corrected chi connectivity index (χ0v) is 9.92. The van der Waals surface area contributed by atoms with Gasteiger partial charge in [-0.2, -0.15) is 0 Å². The molecule has 0 bridgehead atoms. The smallest absolute Gasteiger partial charge is 0.361 e. The Kier molecular flexibility index (Phi) is 5.60. The van der Waals surface area contributed by atoms with E-state index in [4.69, 9.17) is 9.05 Å². The first-order valence-corrected chi connectivity index (χ1v) is 6.20. The summed E-state index contributed by atoms with van der Waals surface area (Å²) in [7, 11) is -3.45. The van der Waals surface area contributed by atoms with E-state index < -0.39 is 12.9 Å². The lowest BCUT2D eigenvalue weighted by Crippen LogP contribution is -2.26. The monoisotopic (exact) mass is 222 g/mol. The van der Waals surface area contributed by atoms with E-state index in [2.05, 4.69) is 6.58 Å². The van der Waals surface area contributed by atoms with Gasteiger partial charge in [0.15, 0.2) is 5.34 Å². The molecule has 1 atom stereocenters. The fourth-order valence-electron chi connectivity index (χ4n) is 1.04. The molecule has 14 heavy (non-hydrogen) atoms. The van der Waals surface area contributed by atoms with Gasteiger partial charge >= 0.3 is 7.60 Å². The van der Waals surface area contributed by atoms with Crippen molar-refractivity contribution >= 4 is 7.60 Å². The molecule has 84 valence electrons. The standard InChI is InChI=1S/C9H19O4P/c1-5-8-9(4,10)14(11,12-6-2)13-7-3/h5,10H,1,6-8H2,2-4H3. The van der Waals surface area contributed by atoms with Crippen LogP contribution in [0.15, 0.2) is 12.7 Å².